The van der Waals surface area contributed by atoms with Gasteiger partial charge in [-0.05, 0) is 36.4 Å². The van der Waals surface area contributed by atoms with E-state index in [1.807, 2.05) is 0 Å². The third-order valence-corrected chi connectivity index (χ3v) is 5.33. The average molecular weight is 544 g/mol. The summed E-state index contributed by atoms with van der Waals surface area (Å²) in [5, 5.41) is 25.6. The number of anilines is 1. The summed E-state index contributed by atoms with van der Waals surface area (Å²) in [4.78, 5) is 34.0. The summed E-state index contributed by atoms with van der Waals surface area (Å²) in [6, 6.07) is 16.8. The fraction of sp³-hybridized carbons (Fsp3) is 0.0417. The second kappa shape index (κ2) is 11.0. The lowest BCUT2D eigenvalue weighted by Crippen LogP contribution is -2.11. The Kier molecular flexibility index (Phi) is 7.56. The number of non-ortho nitro benzene ring substituents is 1. The van der Waals surface area contributed by atoms with E-state index in [1.165, 1.54) is 60.7 Å². The van der Waals surface area contributed by atoms with E-state index in [1.54, 1.807) is 6.07 Å². The Balaban J connectivity index is 1.48. The van der Waals surface area contributed by atoms with Crippen LogP contribution in [0.1, 0.15) is 16.3 Å². The number of ether oxygens (including phenoxy) is 2. The van der Waals surface area contributed by atoms with Crippen molar-refractivity contribution in [2.24, 2.45) is 0 Å². The van der Waals surface area contributed by atoms with Crippen LogP contribution in [0.4, 0.5) is 17.1 Å². The average Bonchev–Trinajstić information content (AvgIpc) is 3.34. The van der Waals surface area contributed by atoms with Crippen molar-refractivity contribution in [1.29, 1.82) is 0 Å². The third kappa shape index (κ3) is 6.34. The Morgan fingerprint density at radius 2 is 1.70 bits per heavy atom. The summed E-state index contributed by atoms with van der Waals surface area (Å²) >= 11 is 12.0. The number of hydrogen-bond donors (Lipinski definition) is 1. The molecule has 0 aliphatic carbocycles. The summed E-state index contributed by atoms with van der Waals surface area (Å²) in [6.07, 6.45) is 0. The van der Waals surface area contributed by atoms with Crippen LogP contribution in [0.3, 0.4) is 0 Å². The van der Waals surface area contributed by atoms with Crippen LogP contribution in [-0.2, 0) is 6.61 Å². The molecule has 188 valence electrons. The topological polar surface area (TPSA) is 147 Å². The van der Waals surface area contributed by atoms with Crippen LogP contribution in [0.25, 0.3) is 0 Å². The molecule has 1 N–H and O–H groups in total. The highest BCUT2D eigenvalue weighted by atomic mass is 35.5. The number of carbonyl (C=O) groups is 1. The number of benzene rings is 3. The van der Waals surface area contributed by atoms with E-state index in [0.717, 1.165) is 6.07 Å². The molecular formula is C24H15Cl2N3O8. The summed E-state index contributed by atoms with van der Waals surface area (Å²) in [7, 11) is 0. The molecule has 13 heteroatoms. The maximum absolute atomic E-state index is 12.7. The first kappa shape index (κ1) is 25.5. The van der Waals surface area contributed by atoms with Gasteiger partial charge in [-0.25, -0.2) is 0 Å². The van der Waals surface area contributed by atoms with Gasteiger partial charge in [0, 0.05) is 23.2 Å². The molecule has 0 spiro atoms. The predicted octanol–water partition coefficient (Wildman–Crippen LogP) is 7.03. The second-order valence-corrected chi connectivity index (χ2v) is 8.23. The Bertz CT molecular complexity index is 1510. The van der Waals surface area contributed by atoms with Gasteiger partial charge in [0.15, 0.2) is 11.5 Å². The highest BCUT2D eigenvalue weighted by Crippen LogP contribution is 2.35. The molecule has 0 radical (unpaired) electrons. The van der Waals surface area contributed by atoms with Crippen molar-refractivity contribution in [2.45, 2.75) is 6.61 Å². The van der Waals surface area contributed by atoms with E-state index in [0.29, 0.717) is 5.02 Å². The van der Waals surface area contributed by atoms with Gasteiger partial charge in [-0.2, -0.15) is 0 Å². The number of hydrogen-bond acceptors (Lipinski definition) is 8. The first-order valence-electron chi connectivity index (χ1n) is 10.4. The monoisotopic (exact) mass is 543 g/mol. The molecule has 1 aromatic heterocycles. The molecule has 0 bridgehead atoms. The van der Waals surface area contributed by atoms with Crippen LogP contribution in [-0.4, -0.2) is 15.8 Å². The molecule has 0 fully saturated rings. The van der Waals surface area contributed by atoms with Crippen molar-refractivity contribution in [3.05, 3.63) is 115 Å². The maximum Gasteiger partial charge on any atom is 0.310 e. The van der Waals surface area contributed by atoms with Crippen molar-refractivity contribution in [2.75, 3.05) is 5.32 Å². The first-order chi connectivity index (χ1) is 17.7. The maximum atomic E-state index is 12.7. The summed E-state index contributed by atoms with van der Waals surface area (Å²) in [5.41, 5.74) is -0.486. The summed E-state index contributed by atoms with van der Waals surface area (Å²) in [6.45, 7) is -0.172. The number of furan rings is 1. The minimum absolute atomic E-state index is 0.0415. The number of nitrogens with zero attached hydrogens (tertiary/aromatic N) is 2. The predicted molar refractivity (Wildman–Crippen MR) is 134 cm³/mol. The van der Waals surface area contributed by atoms with Crippen LogP contribution in [0.5, 0.6) is 17.2 Å². The van der Waals surface area contributed by atoms with Crippen LogP contribution < -0.4 is 14.8 Å². The van der Waals surface area contributed by atoms with Gasteiger partial charge in [-0.1, -0.05) is 35.3 Å². The second-order valence-electron chi connectivity index (χ2n) is 7.38. The van der Waals surface area contributed by atoms with Crippen LogP contribution in [0.2, 0.25) is 10.0 Å². The van der Waals surface area contributed by atoms with Gasteiger partial charge in [0.05, 0.1) is 26.6 Å². The van der Waals surface area contributed by atoms with Gasteiger partial charge in [0.2, 0.25) is 0 Å². The van der Waals surface area contributed by atoms with Crippen LogP contribution >= 0.6 is 23.2 Å². The first-order valence-corrected chi connectivity index (χ1v) is 11.1. The smallest absolute Gasteiger partial charge is 0.310 e. The molecule has 0 aliphatic rings. The van der Waals surface area contributed by atoms with Gasteiger partial charge < -0.3 is 19.2 Å². The Morgan fingerprint density at radius 3 is 2.43 bits per heavy atom. The third-order valence-electron chi connectivity index (χ3n) is 4.80. The van der Waals surface area contributed by atoms with E-state index in [9.17, 15) is 25.0 Å². The zero-order chi connectivity index (χ0) is 26.5. The summed E-state index contributed by atoms with van der Waals surface area (Å²) in [5.74, 6) is -0.294. The van der Waals surface area contributed by atoms with Gasteiger partial charge >= 0.3 is 5.69 Å². The van der Waals surface area contributed by atoms with Crippen molar-refractivity contribution in [3.63, 3.8) is 0 Å². The highest BCUT2D eigenvalue weighted by molar-refractivity contribution is 6.35. The molecule has 4 aromatic rings. The van der Waals surface area contributed by atoms with Crippen LogP contribution in [0, 0.1) is 20.2 Å². The van der Waals surface area contributed by atoms with E-state index in [4.69, 9.17) is 37.1 Å². The minimum Gasteiger partial charge on any atom is -0.479 e. The van der Waals surface area contributed by atoms with Crippen molar-refractivity contribution < 1.29 is 28.5 Å². The van der Waals surface area contributed by atoms with Gasteiger partial charge in [0.25, 0.3) is 11.6 Å². The van der Waals surface area contributed by atoms with Gasteiger partial charge in [-0.15, -0.1) is 0 Å². The largest absolute Gasteiger partial charge is 0.479 e. The molecule has 0 atom stereocenters. The van der Waals surface area contributed by atoms with Gasteiger partial charge in [0.1, 0.15) is 23.9 Å². The number of nitro groups is 2. The number of amides is 1. The standard InChI is InChI=1S/C24H15Cl2N3O8/c25-14-5-7-21(19(26)9-14)37-18-11-15(10-16(12-18)28(31)32)27-24(30)23-8-6-17(36-23)13-35-22-4-2-1-3-20(22)29(33)34/h1-12H,13H2,(H,27,30). The van der Waals surface area contributed by atoms with E-state index in [-0.39, 0.29) is 57.5 Å². The van der Waals surface area contributed by atoms with E-state index in [2.05, 4.69) is 5.32 Å². The molecular weight excluding hydrogens is 529 g/mol. The molecule has 3 aromatic carbocycles. The Morgan fingerprint density at radius 1 is 0.919 bits per heavy atom. The Labute approximate surface area is 218 Å². The lowest BCUT2D eigenvalue weighted by atomic mass is 10.2. The highest BCUT2D eigenvalue weighted by Gasteiger charge is 2.18. The summed E-state index contributed by atoms with van der Waals surface area (Å²) < 4.78 is 16.6. The SMILES string of the molecule is O=C(Nc1cc(Oc2ccc(Cl)cc2Cl)cc([N+](=O)[O-])c1)c1ccc(COc2ccccc2[N+](=O)[O-])o1. The quantitative estimate of drug-likeness (QED) is 0.175. The lowest BCUT2D eigenvalue weighted by molar-refractivity contribution is -0.386. The van der Waals surface area contributed by atoms with E-state index < -0.39 is 15.8 Å². The fourth-order valence-electron chi connectivity index (χ4n) is 3.15. The van der Waals surface area contributed by atoms with Crippen molar-refractivity contribution >= 4 is 46.2 Å². The Hall–Kier alpha value is -4.61. The number of rotatable bonds is 9. The fourth-order valence-corrected chi connectivity index (χ4v) is 3.60. The van der Waals surface area contributed by atoms with Crippen LogP contribution in [0.15, 0.2) is 77.2 Å². The lowest BCUT2D eigenvalue weighted by Gasteiger charge is -2.10. The molecule has 4 rings (SSSR count). The molecule has 1 heterocycles. The van der Waals surface area contributed by atoms with Crippen molar-refractivity contribution in [1.82, 2.24) is 0 Å². The van der Waals surface area contributed by atoms with E-state index >= 15 is 0 Å². The number of nitro benzene ring substituents is 2. The number of halogens is 2. The van der Waals surface area contributed by atoms with Crippen molar-refractivity contribution in [3.8, 4) is 17.2 Å². The number of para-hydroxylation sites is 2. The molecule has 0 unspecified atom stereocenters. The molecule has 0 saturated carbocycles. The van der Waals surface area contributed by atoms with Gasteiger partial charge in [-0.3, -0.25) is 25.0 Å². The molecule has 0 saturated heterocycles. The number of nitrogens with one attached hydrogen (secondary N) is 1. The zero-order valence-corrected chi connectivity index (χ0v) is 20.1. The normalized spacial score (nSPS) is 10.5. The number of carbonyl (C=O) groups excluding carboxylic acids is 1. The molecule has 0 aliphatic heterocycles. The molecule has 1 amide bonds. The molecule has 11 nitrogen and oxygen atoms in total. The minimum atomic E-state index is -0.701. The molecule has 37 heavy (non-hydrogen) atoms. The zero-order valence-electron chi connectivity index (χ0n) is 18.6.